The number of amides is 1. The molecule has 176 valence electrons. The highest BCUT2D eigenvalue weighted by Gasteiger charge is 2.27. The quantitative estimate of drug-likeness (QED) is 0.498. The highest BCUT2D eigenvalue weighted by atomic mass is 35.5. The van der Waals surface area contributed by atoms with Crippen molar-refractivity contribution in [3.05, 3.63) is 59.1 Å². The predicted molar refractivity (Wildman–Crippen MR) is 133 cm³/mol. The maximum atomic E-state index is 12.4. The van der Waals surface area contributed by atoms with E-state index in [1.165, 1.54) is 31.8 Å². The van der Waals surface area contributed by atoms with E-state index in [9.17, 15) is 4.79 Å². The first-order valence-electron chi connectivity index (χ1n) is 11.6. The minimum Gasteiger partial charge on any atom is -0.493 e. The second kappa shape index (κ2) is 11.5. The van der Waals surface area contributed by atoms with E-state index in [1.54, 1.807) is 37.5 Å². The van der Waals surface area contributed by atoms with Crippen LogP contribution in [0.3, 0.4) is 0 Å². The monoisotopic (exact) mass is 469 g/mol. The number of ether oxygens (including phenoxy) is 2. The highest BCUT2D eigenvalue weighted by molar-refractivity contribution is 6.32. The maximum Gasteiger partial charge on any atom is 0.248 e. The van der Waals surface area contributed by atoms with Crippen molar-refractivity contribution in [1.29, 1.82) is 0 Å². The summed E-state index contributed by atoms with van der Waals surface area (Å²) in [5.41, 5.74) is 1.44. The Kier molecular flexibility index (Phi) is 8.26. The fourth-order valence-electron chi connectivity index (χ4n) is 4.02. The molecule has 2 fully saturated rings. The molecule has 0 aromatic heterocycles. The number of carbonyl (C=O) groups is 1. The Bertz CT molecular complexity index is 969. The number of hydrogen-bond acceptors (Lipinski definition) is 5. The molecule has 4 rings (SSSR count). The van der Waals surface area contributed by atoms with Gasteiger partial charge in [-0.15, -0.1) is 0 Å². The van der Waals surface area contributed by atoms with E-state index in [4.69, 9.17) is 21.1 Å². The van der Waals surface area contributed by atoms with Gasteiger partial charge in [0, 0.05) is 41.5 Å². The third kappa shape index (κ3) is 7.22. The Morgan fingerprint density at radius 3 is 2.58 bits per heavy atom. The van der Waals surface area contributed by atoms with E-state index in [0.717, 1.165) is 31.2 Å². The lowest BCUT2D eigenvalue weighted by Crippen LogP contribution is -2.44. The summed E-state index contributed by atoms with van der Waals surface area (Å²) in [6, 6.07) is 14.2. The van der Waals surface area contributed by atoms with Gasteiger partial charge in [-0.25, -0.2) is 0 Å². The molecule has 0 atom stereocenters. The third-order valence-corrected chi connectivity index (χ3v) is 6.40. The molecule has 1 amide bonds. The minimum atomic E-state index is -0.242. The topological polar surface area (TPSA) is 62.8 Å². The van der Waals surface area contributed by atoms with Crippen molar-refractivity contribution in [3.63, 3.8) is 0 Å². The average Bonchev–Trinajstić information content (AvgIpc) is 3.64. The molecular formula is C26H32ClN3O3. The van der Waals surface area contributed by atoms with Crippen molar-refractivity contribution >= 4 is 29.3 Å². The van der Waals surface area contributed by atoms with E-state index in [0.29, 0.717) is 34.9 Å². The van der Waals surface area contributed by atoms with E-state index in [-0.39, 0.29) is 5.91 Å². The molecule has 2 N–H and O–H groups in total. The van der Waals surface area contributed by atoms with Gasteiger partial charge in [0.05, 0.1) is 7.11 Å². The van der Waals surface area contributed by atoms with Crippen molar-refractivity contribution < 1.29 is 14.3 Å². The number of nitrogens with zero attached hydrogens (tertiary/aromatic N) is 1. The van der Waals surface area contributed by atoms with Crippen LogP contribution in [0, 0.1) is 0 Å². The summed E-state index contributed by atoms with van der Waals surface area (Å²) in [5.74, 6) is 1.02. The van der Waals surface area contributed by atoms with Crippen molar-refractivity contribution in [3.8, 4) is 11.5 Å². The highest BCUT2D eigenvalue weighted by Crippen LogP contribution is 2.30. The number of carbonyl (C=O) groups excluding carboxylic acids is 1. The molecule has 0 bridgehead atoms. The number of likely N-dealkylation sites (tertiary alicyclic amines) is 1. The number of benzene rings is 2. The summed E-state index contributed by atoms with van der Waals surface area (Å²) in [7, 11) is 1.62. The number of rotatable bonds is 10. The molecule has 0 radical (unpaired) electrons. The molecule has 2 aromatic rings. The van der Waals surface area contributed by atoms with Crippen LogP contribution in [0.1, 0.15) is 31.2 Å². The van der Waals surface area contributed by atoms with E-state index >= 15 is 0 Å². The van der Waals surface area contributed by atoms with Gasteiger partial charge < -0.3 is 20.1 Å². The Morgan fingerprint density at radius 2 is 1.85 bits per heavy atom. The van der Waals surface area contributed by atoms with Crippen molar-refractivity contribution in [1.82, 2.24) is 10.2 Å². The summed E-state index contributed by atoms with van der Waals surface area (Å²) >= 11 is 6.14. The van der Waals surface area contributed by atoms with Gasteiger partial charge in [0.2, 0.25) is 5.91 Å². The zero-order valence-corrected chi connectivity index (χ0v) is 19.8. The average molecular weight is 470 g/mol. The SMILES string of the molecule is COc1ccc(NC(=O)/C=C/c2ccccc2Cl)cc1OCCN1CCC(NC2CC2)CC1. The Balaban J connectivity index is 1.26. The summed E-state index contributed by atoms with van der Waals surface area (Å²) in [4.78, 5) is 14.8. The number of piperidine rings is 1. The van der Waals surface area contributed by atoms with Crippen LogP contribution in [0.4, 0.5) is 5.69 Å². The van der Waals surface area contributed by atoms with Gasteiger partial charge in [0.25, 0.3) is 0 Å². The molecule has 33 heavy (non-hydrogen) atoms. The van der Waals surface area contributed by atoms with Gasteiger partial charge >= 0.3 is 0 Å². The van der Waals surface area contributed by atoms with Gasteiger partial charge in [0.1, 0.15) is 6.61 Å². The number of nitrogens with one attached hydrogen (secondary N) is 2. The van der Waals surface area contributed by atoms with Gasteiger partial charge in [-0.05, 0) is 68.6 Å². The van der Waals surface area contributed by atoms with E-state index in [1.807, 2.05) is 18.2 Å². The molecule has 1 aliphatic carbocycles. The fourth-order valence-corrected chi connectivity index (χ4v) is 4.22. The first-order chi connectivity index (χ1) is 16.1. The van der Waals surface area contributed by atoms with Crippen LogP contribution in [-0.2, 0) is 4.79 Å². The molecule has 1 heterocycles. The second-order valence-corrected chi connectivity index (χ2v) is 9.02. The molecule has 1 saturated heterocycles. The van der Waals surface area contributed by atoms with E-state index in [2.05, 4.69) is 15.5 Å². The zero-order valence-electron chi connectivity index (χ0n) is 19.1. The summed E-state index contributed by atoms with van der Waals surface area (Å²) < 4.78 is 11.5. The summed E-state index contributed by atoms with van der Waals surface area (Å²) in [6.45, 7) is 3.63. The molecule has 2 aromatic carbocycles. The standard InChI is InChI=1S/C26H32ClN3O3/c1-32-24-10-9-22(29-26(31)11-6-19-4-2-3-5-23(19)27)18-25(24)33-17-16-30-14-12-21(13-15-30)28-20-7-8-20/h2-6,9-11,18,20-21,28H,7-8,12-17H2,1H3,(H,29,31)/b11-6+. The molecule has 6 nitrogen and oxygen atoms in total. The van der Waals surface area contributed by atoms with Crippen LogP contribution >= 0.6 is 11.6 Å². The lowest BCUT2D eigenvalue weighted by molar-refractivity contribution is -0.111. The van der Waals surface area contributed by atoms with Crippen LogP contribution in [0.5, 0.6) is 11.5 Å². The summed E-state index contributed by atoms with van der Waals surface area (Å²) in [5, 5.41) is 7.20. The van der Waals surface area contributed by atoms with Crippen LogP contribution in [-0.4, -0.2) is 56.2 Å². The largest absolute Gasteiger partial charge is 0.493 e. The smallest absolute Gasteiger partial charge is 0.248 e. The van der Waals surface area contributed by atoms with Crippen LogP contribution in [0.2, 0.25) is 5.02 Å². The van der Waals surface area contributed by atoms with Gasteiger partial charge in [-0.1, -0.05) is 29.8 Å². The molecular weight excluding hydrogens is 438 g/mol. The Morgan fingerprint density at radius 1 is 1.09 bits per heavy atom. The number of hydrogen-bond donors (Lipinski definition) is 2. The van der Waals surface area contributed by atoms with Crippen LogP contribution in [0.15, 0.2) is 48.5 Å². The van der Waals surface area contributed by atoms with Crippen molar-refractivity contribution in [2.45, 2.75) is 37.8 Å². The Labute approximate surface area is 200 Å². The summed E-state index contributed by atoms with van der Waals surface area (Å²) in [6.07, 6.45) is 8.24. The van der Waals surface area contributed by atoms with Crippen LogP contribution in [0.25, 0.3) is 6.08 Å². The van der Waals surface area contributed by atoms with E-state index < -0.39 is 0 Å². The van der Waals surface area contributed by atoms with Crippen molar-refractivity contribution in [2.75, 3.05) is 38.7 Å². The number of halogens is 1. The number of anilines is 1. The first kappa shape index (κ1) is 23.6. The number of methoxy groups -OCH3 is 1. The first-order valence-corrected chi connectivity index (χ1v) is 12.0. The molecule has 2 aliphatic rings. The molecule has 1 saturated carbocycles. The minimum absolute atomic E-state index is 0.242. The predicted octanol–water partition coefficient (Wildman–Crippen LogP) is 4.60. The molecule has 1 aliphatic heterocycles. The van der Waals surface area contributed by atoms with Gasteiger partial charge in [-0.3, -0.25) is 9.69 Å². The second-order valence-electron chi connectivity index (χ2n) is 8.62. The fraction of sp³-hybridized carbons (Fsp3) is 0.423. The van der Waals surface area contributed by atoms with Gasteiger partial charge in [-0.2, -0.15) is 0 Å². The lowest BCUT2D eigenvalue weighted by atomic mass is 10.1. The third-order valence-electron chi connectivity index (χ3n) is 6.05. The molecule has 0 unspecified atom stereocenters. The van der Waals surface area contributed by atoms with Crippen molar-refractivity contribution in [2.24, 2.45) is 0 Å². The maximum absolute atomic E-state index is 12.4. The lowest BCUT2D eigenvalue weighted by Gasteiger charge is -2.32. The zero-order chi connectivity index (χ0) is 23.0. The molecule has 7 heteroatoms. The van der Waals surface area contributed by atoms with Gasteiger partial charge in [0.15, 0.2) is 11.5 Å². The Hall–Kier alpha value is -2.54. The molecule has 0 spiro atoms. The van der Waals surface area contributed by atoms with Crippen LogP contribution < -0.4 is 20.1 Å². The normalized spacial score (nSPS) is 17.3.